The lowest BCUT2D eigenvalue weighted by Crippen LogP contribution is -2.01. The minimum absolute atomic E-state index is 0.271. The molecule has 1 aromatic carbocycles. The third kappa shape index (κ3) is 3.34. The summed E-state index contributed by atoms with van der Waals surface area (Å²) < 4.78 is 0. The second-order valence-corrected chi connectivity index (χ2v) is 3.86. The Morgan fingerprint density at radius 3 is 2.50 bits per heavy atom. The van der Waals surface area contributed by atoms with E-state index in [-0.39, 0.29) is 5.78 Å². The van der Waals surface area contributed by atoms with Gasteiger partial charge in [-0.25, -0.2) is 0 Å². The van der Waals surface area contributed by atoms with E-state index in [9.17, 15) is 4.79 Å². The van der Waals surface area contributed by atoms with Gasteiger partial charge in [0, 0.05) is 6.42 Å². The molecular weight excluding hydrogens is 196 g/mol. The van der Waals surface area contributed by atoms with Crippen molar-refractivity contribution < 1.29 is 4.79 Å². The van der Waals surface area contributed by atoms with E-state index >= 15 is 0 Å². The molecule has 0 unspecified atom stereocenters. The fourth-order valence-electron chi connectivity index (χ4n) is 1.86. The Balaban J connectivity index is 0.000000606. The monoisotopic (exact) mass is 216 g/mol. The number of ketones is 1. The van der Waals surface area contributed by atoms with Gasteiger partial charge in [0.25, 0.3) is 0 Å². The maximum Gasteiger partial charge on any atom is 0.155 e. The highest BCUT2D eigenvalue weighted by atomic mass is 16.1. The molecule has 1 heteroatoms. The van der Waals surface area contributed by atoms with Crippen LogP contribution in [0.5, 0.6) is 0 Å². The van der Waals surface area contributed by atoms with E-state index in [2.05, 4.69) is 25.1 Å². The standard InChI is InChI=1S/C13H14O.C2H6/c1-10-4-2-5-11(8-10)12-6-3-7-13(14)9-12;1-2/h2,4-5,8-9H,3,6-7H2,1H3;1-2H3. The molecule has 1 nitrogen and oxygen atoms in total. The summed E-state index contributed by atoms with van der Waals surface area (Å²) in [6.45, 7) is 6.08. The number of allylic oxidation sites excluding steroid dienone is 2. The fraction of sp³-hybridized carbons (Fsp3) is 0.400. The molecule has 0 aliphatic heterocycles. The highest BCUT2D eigenvalue weighted by Crippen LogP contribution is 2.25. The lowest BCUT2D eigenvalue weighted by molar-refractivity contribution is -0.114. The molecule has 0 saturated carbocycles. The molecule has 0 heterocycles. The van der Waals surface area contributed by atoms with Gasteiger partial charge in [-0.05, 0) is 37.0 Å². The van der Waals surface area contributed by atoms with Crippen molar-refractivity contribution in [2.45, 2.75) is 40.0 Å². The van der Waals surface area contributed by atoms with Crippen molar-refractivity contribution in [3.8, 4) is 0 Å². The van der Waals surface area contributed by atoms with Crippen LogP contribution in [0.25, 0.3) is 5.57 Å². The van der Waals surface area contributed by atoms with Crippen LogP contribution in [0.4, 0.5) is 0 Å². The van der Waals surface area contributed by atoms with Crippen LogP contribution < -0.4 is 0 Å². The zero-order valence-corrected chi connectivity index (χ0v) is 10.4. The summed E-state index contributed by atoms with van der Waals surface area (Å²) in [7, 11) is 0. The van der Waals surface area contributed by atoms with E-state index in [0.717, 1.165) is 19.3 Å². The topological polar surface area (TPSA) is 17.1 Å². The Morgan fingerprint density at radius 2 is 1.88 bits per heavy atom. The zero-order chi connectivity index (χ0) is 12.0. The van der Waals surface area contributed by atoms with Crippen molar-refractivity contribution in [3.05, 3.63) is 41.5 Å². The van der Waals surface area contributed by atoms with Gasteiger partial charge in [0.2, 0.25) is 0 Å². The van der Waals surface area contributed by atoms with Crippen LogP contribution in [-0.2, 0) is 4.79 Å². The average Bonchev–Trinajstić information content (AvgIpc) is 2.32. The first-order valence-electron chi connectivity index (χ1n) is 6.06. The van der Waals surface area contributed by atoms with Crippen LogP contribution in [0, 0.1) is 6.92 Å². The lowest BCUT2D eigenvalue weighted by Gasteiger charge is -2.12. The molecule has 0 amide bonds. The Morgan fingerprint density at radius 1 is 1.12 bits per heavy atom. The molecule has 16 heavy (non-hydrogen) atoms. The summed E-state index contributed by atoms with van der Waals surface area (Å²) in [5.74, 6) is 0.271. The summed E-state index contributed by atoms with van der Waals surface area (Å²) in [6, 6.07) is 8.35. The van der Waals surface area contributed by atoms with Crippen LogP contribution in [-0.4, -0.2) is 5.78 Å². The summed E-state index contributed by atoms with van der Waals surface area (Å²) in [5.41, 5.74) is 3.66. The molecule has 1 aliphatic carbocycles. The van der Waals surface area contributed by atoms with Crippen molar-refractivity contribution in [2.24, 2.45) is 0 Å². The zero-order valence-electron chi connectivity index (χ0n) is 10.4. The largest absolute Gasteiger partial charge is 0.295 e. The fourth-order valence-corrected chi connectivity index (χ4v) is 1.86. The minimum Gasteiger partial charge on any atom is -0.295 e. The first-order valence-corrected chi connectivity index (χ1v) is 6.06. The Bertz CT molecular complexity index is 388. The number of hydrogen-bond acceptors (Lipinski definition) is 1. The van der Waals surface area contributed by atoms with Crippen LogP contribution >= 0.6 is 0 Å². The quantitative estimate of drug-likeness (QED) is 0.689. The third-order valence-corrected chi connectivity index (χ3v) is 2.59. The number of hydrogen-bond donors (Lipinski definition) is 0. The number of aryl methyl sites for hydroxylation is 1. The molecule has 0 spiro atoms. The van der Waals surface area contributed by atoms with Crippen LogP contribution in [0.1, 0.15) is 44.2 Å². The summed E-state index contributed by atoms with van der Waals surface area (Å²) in [6.07, 6.45) is 4.56. The normalized spacial score (nSPS) is 14.9. The van der Waals surface area contributed by atoms with Crippen molar-refractivity contribution in [3.63, 3.8) is 0 Å². The smallest absolute Gasteiger partial charge is 0.155 e. The second-order valence-electron chi connectivity index (χ2n) is 3.86. The molecule has 0 fully saturated rings. The molecule has 0 aromatic heterocycles. The number of carbonyl (C=O) groups excluding carboxylic acids is 1. The molecule has 0 atom stereocenters. The maximum atomic E-state index is 11.3. The number of rotatable bonds is 1. The second kappa shape index (κ2) is 6.26. The minimum atomic E-state index is 0.271. The molecule has 2 rings (SSSR count). The molecule has 0 bridgehead atoms. The molecule has 1 aliphatic rings. The molecule has 86 valence electrons. The van der Waals surface area contributed by atoms with E-state index in [1.54, 1.807) is 6.08 Å². The summed E-state index contributed by atoms with van der Waals surface area (Å²) in [4.78, 5) is 11.3. The SMILES string of the molecule is CC.Cc1cccc(C2=CC(=O)CCC2)c1. The highest BCUT2D eigenvalue weighted by molar-refractivity contribution is 5.98. The van der Waals surface area contributed by atoms with E-state index in [1.165, 1.54) is 16.7 Å². The van der Waals surface area contributed by atoms with Gasteiger partial charge in [-0.15, -0.1) is 0 Å². The van der Waals surface area contributed by atoms with Crippen molar-refractivity contribution in [1.82, 2.24) is 0 Å². The Hall–Kier alpha value is -1.37. The van der Waals surface area contributed by atoms with Crippen LogP contribution in [0.2, 0.25) is 0 Å². The van der Waals surface area contributed by atoms with Crippen molar-refractivity contribution >= 4 is 11.4 Å². The van der Waals surface area contributed by atoms with Crippen LogP contribution in [0.3, 0.4) is 0 Å². The number of carbonyl (C=O) groups is 1. The molecule has 0 N–H and O–H groups in total. The Labute approximate surface area is 98.2 Å². The first kappa shape index (κ1) is 12.7. The van der Waals surface area contributed by atoms with Crippen molar-refractivity contribution in [1.29, 1.82) is 0 Å². The molecule has 0 saturated heterocycles. The molecule has 1 aromatic rings. The molecular formula is C15H20O. The summed E-state index contributed by atoms with van der Waals surface area (Å²) in [5, 5.41) is 0. The highest BCUT2D eigenvalue weighted by Gasteiger charge is 2.10. The van der Waals surface area contributed by atoms with Gasteiger partial charge in [-0.2, -0.15) is 0 Å². The summed E-state index contributed by atoms with van der Waals surface area (Å²) >= 11 is 0. The lowest BCUT2D eigenvalue weighted by atomic mass is 9.92. The van der Waals surface area contributed by atoms with Crippen LogP contribution in [0.15, 0.2) is 30.3 Å². The van der Waals surface area contributed by atoms with E-state index in [0.29, 0.717) is 0 Å². The van der Waals surface area contributed by atoms with E-state index < -0.39 is 0 Å². The van der Waals surface area contributed by atoms with E-state index in [1.807, 2.05) is 19.9 Å². The molecule has 0 radical (unpaired) electrons. The van der Waals surface area contributed by atoms with Gasteiger partial charge in [0.05, 0.1) is 0 Å². The maximum absolute atomic E-state index is 11.3. The van der Waals surface area contributed by atoms with Gasteiger partial charge in [0.15, 0.2) is 5.78 Å². The van der Waals surface area contributed by atoms with Gasteiger partial charge in [-0.1, -0.05) is 43.7 Å². The van der Waals surface area contributed by atoms with Crippen molar-refractivity contribution in [2.75, 3.05) is 0 Å². The predicted octanol–water partition coefficient (Wildman–Crippen LogP) is 4.16. The average molecular weight is 216 g/mol. The first-order chi connectivity index (χ1) is 7.75. The van der Waals surface area contributed by atoms with Gasteiger partial charge >= 0.3 is 0 Å². The van der Waals surface area contributed by atoms with E-state index in [4.69, 9.17) is 0 Å². The van der Waals surface area contributed by atoms with Gasteiger partial charge in [0.1, 0.15) is 0 Å². The third-order valence-electron chi connectivity index (χ3n) is 2.59. The van der Waals surface area contributed by atoms with Gasteiger partial charge in [-0.3, -0.25) is 4.79 Å². The number of benzene rings is 1. The predicted molar refractivity (Wildman–Crippen MR) is 69.4 cm³/mol. The Kier molecular flexibility index (Phi) is 4.97. The van der Waals surface area contributed by atoms with Gasteiger partial charge < -0.3 is 0 Å².